The van der Waals surface area contributed by atoms with Crippen LogP contribution in [0.3, 0.4) is 0 Å². The highest BCUT2D eigenvalue weighted by molar-refractivity contribution is 5.92. The molecule has 0 spiro atoms. The van der Waals surface area contributed by atoms with Crippen LogP contribution in [0, 0.1) is 0 Å². The number of alkyl halides is 3. The summed E-state index contributed by atoms with van der Waals surface area (Å²) in [6, 6.07) is 5.25. The molecule has 0 aliphatic rings. The number of halogens is 3. The third kappa shape index (κ3) is 5.42. The molecule has 0 atom stereocenters. The molecule has 3 N–H and O–H groups in total. The fourth-order valence-corrected chi connectivity index (χ4v) is 1.16. The van der Waals surface area contributed by atoms with Gasteiger partial charge in [0.25, 0.3) is 0 Å². The minimum Gasteiger partial charge on any atom is -0.406 e. The lowest BCUT2D eigenvalue weighted by molar-refractivity contribution is -0.274. The highest BCUT2D eigenvalue weighted by atomic mass is 19.4. The Morgan fingerprint density at radius 3 is 2.44 bits per heavy atom. The highest BCUT2D eigenvalue weighted by Gasteiger charge is 2.30. The normalized spacial score (nSPS) is 12.3. The molecule has 100 valence electrons. The number of aliphatic imine (C=N–C) groups is 1. The molecule has 0 radical (unpaired) electrons. The van der Waals surface area contributed by atoms with Crippen LogP contribution in [0.5, 0.6) is 5.75 Å². The zero-order valence-corrected chi connectivity index (χ0v) is 9.79. The van der Waals surface area contributed by atoms with E-state index in [1.165, 1.54) is 24.3 Å². The third-order valence-corrected chi connectivity index (χ3v) is 1.87. The van der Waals surface area contributed by atoms with Crippen molar-refractivity contribution in [3.63, 3.8) is 0 Å². The molecule has 0 aromatic heterocycles. The molecule has 4 nitrogen and oxygen atoms in total. The molecule has 0 amide bonds. The highest BCUT2D eigenvalue weighted by Crippen LogP contribution is 2.23. The predicted molar refractivity (Wildman–Crippen MR) is 63.5 cm³/mol. The Morgan fingerprint density at radius 1 is 1.33 bits per heavy atom. The van der Waals surface area contributed by atoms with Crippen molar-refractivity contribution in [1.82, 2.24) is 0 Å². The molecule has 1 aromatic rings. The Balaban J connectivity index is 2.60. The molecule has 0 unspecified atom stereocenters. The second-order valence-electron chi connectivity index (χ2n) is 3.46. The molecule has 0 aliphatic heterocycles. The van der Waals surface area contributed by atoms with Gasteiger partial charge in [-0.05, 0) is 30.7 Å². The summed E-state index contributed by atoms with van der Waals surface area (Å²) in [6.45, 7) is 2.55. The molecule has 0 bridgehead atoms. The Bertz CT molecular complexity index is 401. The van der Waals surface area contributed by atoms with Gasteiger partial charge >= 0.3 is 6.36 Å². The smallest absolute Gasteiger partial charge is 0.406 e. The Morgan fingerprint density at radius 2 is 1.94 bits per heavy atom. The van der Waals surface area contributed by atoms with Gasteiger partial charge in [0.1, 0.15) is 5.75 Å². The van der Waals surface area contributed by atoms with Crippen molar-refractivity contribution in [2.45, 2.75) is 19.7 Å². The summed E-state index contributed by atoms with van der Waals surface area (Å²) < 4.78 is 39.5. The summed E-state index contributed by atoms with van der Waals surface area (Å²) in [5.74, 6) is -0.0570. The quantitative estimate of drug-likeness (QED) is 0.647. The van der Waals surface area contributed by atoms with Crippen LogP contribution in [-0.4, -0.2) is 18.9 Å². The molecule has 0 heterocycles. The number of nitrogens with zero attached hydrogens (tertiary/aromatic N) is 1. The first-order valence-electron chi connectivity index (χ1n) is 5.33. The van der Waals surface area contributed by atoms with Gasteiger partial charge in [-0.1, -0.05) is 6.92 Å². The van der Waals surface area contributed by atoms with Gasteiger partial charge in [-0.15, -0.1) is 13.2 Å². The number of anilines is 1. The van der Waals surface area contributed by atoms with E-state index in [-0.39, 0.29) is 11.7 Å². The molecule has 7 heteroatoms. The van der Waals surface area contributed by atoms with Crippen molar-refractivity contribution in [3.8, 4) is 5.75 Å². The second kappa shape index (κ2) is 6.13. The number of nitrogens with one attached hydrogen (secondary N) is 1. The van der Waals surface area contributed by atoms with E-state index in [1.54, 1.807) is 0 Å². The molecule has 0 aliphatic carbocycles. The number of hydrogen-bond acceptors (Lipinski definition) is 2. The van der Waals surface area contributed by atoms with Crippen molar-refractivity contribution < 1.29 is 17.9 Å². The van der Waals surface area contributed by atoms with Gasteiger partial charge in [0.05, 0.1) is 0 Å². The number of benzene rings is 1. The van der Waals surface area contributed by atoms with Crippen molar-refractivity contribution in [1.29, 1.82) is 0 Å². The first kappa shape index (κ1) is 14.1. The van der Waals surface area contributed by atoms with Gasteiger partial charge in [0, 0.05) is 12.2 Å². The lowest BCUT2D eigenvalue weighted by Gasteiger charge is -2.10. The fraction of sp³-hybridized carbons (Fsp3) is 0.364. The van der Waals surface area contributed by atoms with E-state index in [1.807, 2.05) is 6.92 Å². The Kier molecular flexibility index (Phi) is 4.82. The van der Waals surface area contributed by atoms with E-state index in [0.717, 1.165) is 6.42 Å². The molecule has 1 aromatic carbocycles. The maximum atomic E-state index is 11.9. The zero-order chi connectivity index (χ0) is 13.6. The topological polar surface area (TPSA) is 59.6 Å². The lowest BCUT2D eigenvalue weighted by Crippen LogP contribution is -2.22. The van der Waals surface area contributed by atoms with E-state index in [2.05, 4.69) is 15.0 Å². The van der Waals surface area contributed by atoms with Crippen LogP contribution >= 0.6 is 0 Å². The minimum absolute atomic E-state index is 0.223. The average molecular weight is 261 g/mol. The zero-order valence-electron chi connectivity index (χ0n) is 9.79. The Hall–Kier alpha value is -1.92. The first-order valence-corrected chi connectivity index (χ1v) is 5.33. The van der Waals surface area contributed by atoms with Crippen molar-refractivity contribution >= 4 is 11.6 Å². The van der Waals surface area contributed by atoms with Gasteiger partial charge in [-0.2, -0.15) is 0 Å². The van der Waals surface area contributed by atoms with E-state index < -0.39 is 6.36 Å². The Labute approximate surface area is 103 Å². The summed E-state index contributed by atoms with van der Waals surface area (Å²) in [6.07, 6.45) is -3.82. The largest absolute Gasteiger partial charge is 0.573 e. The number of rotatable bonds is 4. The van der Waals surface area contributed by atoms with Crippen LogP contribution in [0.25, 0.3) is 0 Å². The molecule has 0 saturated heterocycles. The van der Waals surface area contributed by atoms with Crippen LogP contribution < -0.4 is 15.8 Å². The standard InChI is InChI=1S/C11H14F3N3O/c1-2-7-16-10(15)17-8-3-5-9(6-4-8)18-11(12,13)14/h3-6H,2,7H2,1H3,(H3,15,16,17). The maximum absolute atomic E-state index is 11.9. The molecule has 18 heavy (non-hydrogen) atoms. The van der Waals surface area contributed by atoms with Gasteiger partial charge < -0.3 is 15.8 Å². The van der Waals surface area contributed by atoms with Crippen molar-refractivity contribution in [2.24, 2.45) is 10.7 Å². The van der Waals surface area contributed by atoms with Crippen LogP contribution in [0.2, 0.25) is 0 Å². The summed E-state index contributed by atoms with van der Waals surface area (Å²) in [4.78, 5) is 3.99. The van der Waals surface area contributed by atoms with Crippen LogP contribution in [-0.2, 0) is 0 Å². The van der Waals surface area contributed by atoms with Crippen LogP contribution in [0.15, 0.2) is 29.3 Å². The first-order chi connectivity index (χ1) is 8.40. The van der Waals surface area contributed by atoms with Gasteiger partial charge in [-0.3, -0.25) is 4.99 Å². The van der Waals surface area contributed by atoms with Crippen molar-refractivity contribution in [3.05, 3.63) is 24.3 Å². The van der Waals surface area contributed by atoms with Gasteiger partial charge in [-0.25, -0.2) is 0 Å². The molecular weight excluding hydrogens is 247 g/mol. The SMILES string of the molecule is CCCN=C(N)Nc1ccc(OC(F)(F)F)cc1. The summed E-state index contributed by atoms with van der Waals surface area (Å²) >= 11 is 0. The van der Waals surface area contributed by atoms with Crippen LogP contribution in [0.1, 0.15) is 13.3 Å². The predicted octanol–water partition coefficient (Wildman–Crippen LogP) is 2.72. The number of hydrogen-bond donors (Lipinski definition) is 2. The summed E-state index contributed by atoms with van der Waals surface area (Å²) in [5.41, 5.74) is 6.10. The maximum Gasteiger partial charge on any atom is 0.573 e. The lowest BCUT2D eigenvalue weighted by atomic mass is 10.3. The number of ether oxygens (including phenoxy) is 1. The van der Waals surface area contributed by atoms with Crippen molar-refractivity contribution in [2.75, 3.05) is 11.9 Å². The number of guanidine groups is 1. The molecule has 0 fully saturated rings. The third-order valence-electron chi connectivity index (χ3n) is 1.87. The van der Waals surface area contributed by atoms with E-state index >= 15 is 0 Å². The van der Waals surface area contributed by atoms with E-state index in [4.69, 9.17) is 5.73 Å². The van der Waals surface area contributed by atoms with Gasteiger partial charge in [0.15, 0.2) is 5.96 Å². The van der Waals surface area contributed by atoms with Crippen LogP contribution in [0.4, 0.5) is 18.9 Å². The fourth-order valence-electron chi connectivity index (χ4n) is 1.16. The second-order valence-corrected chi connectivity index (χ2v) is 3.46. The molecule has 1 rings (SSSR count). The van der Waals surface area contributed by atoms with E-state index in [9.17, 15) is 13.2 Å². The number of nitrogens with two attached hydrogens (primary N) is 1. The molecule has 0 saturated carbocycles. The molecular formula is C11H14F3N3O. The summed E-state index contributed by atoms with van der Waals surface area (Å²) in [7, 11) is 0. The summed E-state index contributed by atoms with van der Waals surface area (Å²) in [5, 5.41) is 2.76. The van der Waals surface area contributed by atoms with Gasteiger partial charge in [0.2, 0.25) is 0 Å². The average Bonchev–Trinajstić information content (AvgIpc) is 2.27. The monoisotopic (exact) mass is 261 g/mol. The van der Waals surface area contributed by atoms with E-state index in [0.29, 0.717) is 12.2 Å². The minimum atomic E-state index is -4.68.